The highest BCUT2D eigenvalue weighted by atomic mass is 79.9. The summed E-state index contributed by atoms with van der Waals surface area (Å²) in [4.78, 5) is 6.32. The second kappa shape index (κ2) is 5.33. The van der Waals surface area contributed by atoms with Crippen LogP contribution in [-0.4, -0.2) is 23.4 Å². The molecule has 1 aromatic rings. The maximum atomic E-state index is 6.08. The lowest BCUT2D eigenvalue weighted by molar-refractivity contribution is 0.757. The molecular weight excluding hydrogens is 331 g/mol. The van der Waals surface area contributed by atoms with Crippen LogP contribution < -0.4 is 4.90 Å². The number of halogens is 3. The summed E-state index contributed by atoms with van der Waals surface area (Å²) in [6.45, 7) is 2.11. The lowest BCUT2D eigenvalue weighted by Gasteiger charge is -2.25. The SMILES string of the molecule is CC(CBr)N(C)c1ncc(Br)cc1Cl. The smallest absolute Gasteiger partial charge is 0.147 e. The van der Waals surface area contributed by atoms with E-state index >= 15 is 0 Å². The van der Waals surface area contributed by atoms with Crippen LogP contribution in [0.25, 0.3) is 0 Å². The molecule has 0 saturated heterocycles. The molecule has 0 aliphatic heterocycles. The van der Waals surface area contributed by atoms with Gasteiger partial charge in [0.1, 0.15) is 5.82 Å². The van der Waals surface area contributed by atoms with Crippen molar-refractivity contribution >= 4 is 49.3 Å². The van der Waals surface area contributed by atoms with Gasteiger partial charge in [0.15, 0.2) is 0 Å². The first-order valence-electron chi connectivity index (χ1n) is 4.16. The normalized spacial score (nSPS) is 12.6. The molecule has 78 valence electrons. The van der Waals surface area contributed by atoms with Crippen LogP contribution in [0.4, 0.5) is 5.82 Å². The van der Waals surface area contributed by atoms with Crippen LogP contribution >= 0.6 is 43.5 Å². The summed E-state index contributed by atoms with van der Waals surface area (Å²) in [5, 5.41) is 1.55. The van der Waals surface area contributed by atoms with E-state index in [4.69, 9.17) is 11.6 Å². The average Bonchev–Trinajstić information content (AvgIpc) is 2.15. The van der Waals surface area contributed by atoms with E-state index in [0.29, 0.717) is 11.1 Å². The summed E-state index contributed by atoms with van der Waals surface area (Å²) in [5.41, 5.74) is 0. The summed E-state index contributed by atoms with van der Waals surface area (Å²) in [5.74, 6) is 0.807. The Labute approximate surface area is 106 Å². The summed E-state index contributed by atoms with van der Waals surface area (Å²) in [6.07, 6.45) is 1.75. The molecule has 1 aromatic heterocycles. The predicted octanol–water partition coefficient (Wildman–Crippen LogP) is 3.72. The van der Waals surface area contributed by atoms with Gasteiger partial charge in [0, 0.05) is 29.1 Å². The van der Waals surface area contributed by atoms with Gasteiger partial charge in [-0.05, 0) is 28.9 Å². The molecule has 0 fully saturated rings. The first-order chi connectivity index (χ1) is 6.56. The van der Waals surface area contributed by atoms with Gasteiger partial charge in [-0.3, -0.25) is 0 Å². The first kappa shape index (κ1) is 12.3. The zero-order chi connectivity index (χ0) is 10.7. The topological polar surface area (TPSA) is 16.1 Å². The fraction of sp³-hybridized carbons (Fsp3) is 0.444. The van der Waals surface area contributed by atoms with Crippen molar-refractivity contribution in [3.63, 3.8) is 0 Å². The molecule has 0 N–H and O–H groups in total. The second-order valence-electron chi connectivity index (χ2n) is 3.07. The van der Waals surface area contributed by atoms with Crippen LogP contribution in [0.3, 0.4) is 0 Å². The molecule has 0 aliphatic rings. The van der Waals surface area contributed by atoms with E-state index in [-0.39, 0.29) is 0 Å². The second-order valence-corrected chi connectivity index (χ2v) is 5.04. The maximum absolute atomic E-state index is 6.08. The van der Waals surface area contributed by atoms with Gasteiger partial charge >= 0.3 is 0 Å². The highest BCUT2D eigenvalue weighted by molar-refractivity contribution is 9.10. The van der Waals surface area contributed by atoms with Gasteiger partial charge in [0.05, 0.1) is 5.02 Å². The van der Waals surface area contributed by atoms with Gasteiger partial charge in [-0.15, -0.1) is 0 Å². The van der Waals surface area contributed by atoms with Crippen molar-refractivity contribution in [2.24, 2.45) is 0 Å². The third-order valence-corrected chi connectivity index (χ3v) is 3.66. The third-order valence-electron chi connectivity index (χ3n) is 2.01. The molecule has 1 rings (SSSR count). The molecule has 5 heteroatoms. The van der Waals surface area contributed by atoms with E-state index in [1.54, 1.807) is 6.20 Å². The predicted molar refractivity (Wildman–Crippen MR) is 68.6 cm³/mol. The minimum atomic E-state index is 0.362. The number of rotatable bonds is 3. The maximum Gasteiger partial charge on any atom is 0.147 e. The zero-order valence-electron chi connectivity index (χ0n) is 7.97. The van der Waals surface area contributed by atoms with Crippen molar-refractivity contribution in [2.45, 2.75) is 13.0 Å². The van der Waals surface area contributed by atoms with Crippen LogP contribution in [0.2, 0.25) is 5.02 Å². The average molecular weight is 342 g/mol. The first-order valence-corrected chi connectivity index (χ1v) is 6.45. The fourth-order valence-electron chi connectivity index (χ4n) is 0.979. The van der Waals surface area contributed by atoms with Crippen molar-refractivity contribution in [3.8, 4) is 0 Å². The molecule has 0 radical (unpaired) electrons. The minimum absolute atomic E-state index is 0.362. The zero-order valence-corrected chi connectivity index (χ0v) is 11.9. The van der Waals surface area contributed by atoms with Crippen molar-refractivity contribution in [3.05, 3.63) is 21.8 Å². The molecule has 0 bridgehead atoms. The number of aromatic nitrogens is 1. The van der Waals surface area contributed by atoms with Crippen molar-refractivity contribution in [2.75, 3.05) is 17.3 Å². The molecular formula is C9H11Br2ClN2. The largest absolute Gasteiger partial charge is 0.355 e. The Bertz CT molecular complexity index is 320. The number of hydrogen-bond acceptors (Lipinski definition) is 2. The molecule has 0 aliphatic carbocycles. The van der Waals surface area contributed by atoms with Crippen molar-refractivity contribution in [1.29, 1.82) is 0 Å². The number of nitrogens with zero attached hydrogens (tertiary/aromatic N) is 2. The Kier molecular flexibility index (Phi) is 4.67. The minimum Gasteiger partial charge on any atom is -0.355 e. The number of hydrogen-bond donors (Lipinski definition) is 0. The Morgan fingerprint density at radius 3 is 2.79 bits per heavy atom. The van der Waals surface area contributed by atoms with E-state index in [1.165, 1.54) is 0 Å². The Hall–Kier alpha value is 0.200. The molecule has 2 nitrogen and oxygen atoms in total. The summed E-state index contributed by atoms with van der Waals surface area (Å²) < 4.78 is 0.895. The van der Waals surface area contributed by atoms with Crippen LogP contribution in [-0.2, 0) is 0 Å². The van der Waals surface area contributed by atoms with E-state index in [9.17, 15) is 0 Å². The monoisotopic (exact) mass is 340 g/mol. The molecule has 0 spiro atoms. The van der Waals surface area contributed by atoms with Gasteiger partial charge in [0.25, 0.3) is 0 Å². The van der Waals surface area contributed by atoms with Gasteiger partial charge in [0.2, 0.25) is 0 Å². The molecule has 0 aromatic carbocycles. The van der Waals surface area contributed by atoms with Crippen molar-refractivity contribution < 1.29 is 0 Å². The number of pyridine rings is 1. The Morgan fingerprint density at radius 2 is 2.29 bits per heavy atom. The molecule has 1 atom stereocenters. The van der Waals surface area contributed by atoms with Gasteiger partial charge < -0.3 is 4.90 Å². The molecule has 14 heavy (non-hydrogen) atoms. The van der Waals surface area contributed by atoms with Gasteiger partial charge in [-0.1, -0.05) is 27.5 Å². The summed E-state index contributed by atoms with van der Waals surface area (Å²) >= 11 is 12.8. The fourth-order valence-corrected chi connectivity index (χ4v) is 2.18. The van der Waals surface area contributed by atoms with E-state index in [0.717, 1.165) is 15.6 Å². The quantitative estimate of drug-likeness (QED) is 0.779. The van der Waals surface area contributed by atoms with Gasteiger partial charge in [-0.25, -0.2) is 4.98 Å². The number of anilines is 1. The summed E-state index contributed by atoms with van der Waals surface area (Å²) in [6, 6.07) is 2.21. The Morgan fingerprint density at radius 1 is 1.64 bits per heavy atom. The lowest BCUT2D eigenvalue weighted by Crippen LogP contribution is -2.30. The van der Waals surface area contributed by atoms with Gasteiger partial charge in [-0.2, -0.15) is 0 Å². The molecule has 0 saturated carbocycles. The number of alkyl halides is 1. The van der Waals surface area contributed by atoms with Crippen LogP contribution in [0.15, 0.2) is 16.7 Å². The van der Waals surface area contributed by atoms with Crippen LogP contribution in [0.1, 0.15) is 6.92 Å². The lowest BCUT2D eigenvalue weighted by atomic mass is 10.3. The molecule has 1 unspecified atom stereocenters. The van der Waals surface area contributed by atoms with Crippen LogP contribution in [0.5, 0.6) is 0 Å². The third kappa shape index (κ3) is 2.84. The Balaban J connectivity index is 2.95. The van der Waals surface area contributed by atoms with Crippen molar-refractivity contribution in [1.82, 2.24) is 4.98 Å². The summed E-state index contributed by atoms with van der Waals surface area (Å²) in [7, 11) is 1.98. The van der Waals surface area contributed by atoms with E-state index < -0.39 is 0 Å². The molecule has 1 heterocycles. The highest BCUT2D eigenvalue weighted by Crippen LogP contribution is 2.26. The van der Waals surface area contributed by atoms with E-state index in [1.807, 2.05) is 18.0 Å². The van der Waals surface area contributed by atoms with Crippen LogP contribution in [0, 0.1) is 0 Å². The van der Waals surface area contributed by atoms with E-state index in [2.05, 4.69) is 43.8 Å². The molecule has 0 amide bonds. The highest BCUT2D eigenvalue weighted by Gasteiger charge is 2.13. The standard InChI is InChI=1S/C9H11Br2ClN2/c1-6(4-10)14(2)9-8(12)3-7(11)5-13-9/h3,5-6H,4H2,1-2H3.